The molecule has 1 aromatic heterocycles. The van der Waals surface area contributed by atoms with Crippen LogP contribution in [0.3, 0.4) is 0 Å². The van der Waals surface area contributed by atoms with E-state index < -0.39 is 10.0 Å². The monoisotopic (exact) mass is 302 g/mol. The second-order valence-electron chi connectivity index (χ2n) is 4.53. The molecule has 3 N–H and O–H groups in total. The molecule has 6 nitrogen and oxygen atoms in total. The highest BCUT2D eigenvalue weighted by Crippen LogP contribution is 2.25. The third kappa shape index (κ3) is 2.26. The summed E-state index contributed by atoms with van der Waals surface area (Å²) in [5, 5.41) is 0. The normalized spacial score (nSPS) is 11.9. The number of para-hydroxylation sites is 2. The molecule has 3 rings (SSSR count). The largest absolute Gasteiger partial charge is 0.397 e. The Labute approximate surface area is 122 Å². The Kier molecular flexibility index (Phi) is 3.15. The molecule has 0 unspecified atom stereocenters. The summed E-state index contributed by atoms with van der Waals surface area (Å²) in [6.07, 6.45) is 1.67. The SMILES string of the molecule is CNS(=O)(=O)c1ccc(-n2cnc3ccccc32)c(N)c1. The van der Waals surface area contributed by atoms with Gasteiger partial charge < -0.3 is 5.73 Å². The van der Waals surface area contributed by atoms with Crippen molar-refractivity contribution in [2.24, 2.45) is 0 Å². The molecule has 0 spiro atoms. The maximum Gasteiger partial charge on any atom is 0.240 e. The molecule has 0 saturated heterocycles. The van der Waals surface area contributed by atoms with Gasteiger partial charge in [-0.1, -0.05) is 12.1 Å². The van der Waals surface area contributed by atoms with Gasteiger partial charge in [-0.3, -0.25) is 4.57 Å². The van der Waals surface area contributed by atoms with Crippen LogP contribution in [0, 0.1) is 0 Å². The maximum atomic E-state index is 11.8. The van der Waals surface area contributed by atoms with E-state index in [0.29, 0.717) is 11.4 Å². The predicted molar refractivity (Wildman–Crippen MR) is 81.7 cm³/mol. The molecule has 3 aromatic rings. The third-order valence-corrected chi connectivity index (χ3v) is 4.70. The van der Waals surface area contributed by atoms with Gasteiger partial charge in [-0.05, 0) is 37.4 Å². The number of fused-ring (bicyclic) bond motifs is 1. The first-order valence-corrected chi connectivity index (χ1v) is 7.77. The van der Waals surface area contributed by atoms with Gasteiger partial charge in [0.1, 0.15) is 6.33 Å². The first-order valence-electron chi connectivity index (χ1n) is 6.28. The van der Waals surface area contributed by atoms with Crippen LogP contribution < -0.4 is 10.5 Å². The van der Waals surface area contributed by atoms with Crippen LogP contribution in [0.1, 0.15) is 0 Å². The minimum atomic E-state index is -3.50. The molecule has 0 aliphatic heterocycles. The van der Waals surface area contributed by atoms with E-state index in [1.54, 1.807) is 12.4 Å². The van der Waals surface area contributed by atoms with Crippen molar-refractivity contribution in [3.8, 4) is 5.69 Å². The fourth-order valence-corrected chi connectivity index (χ4v) is 2.95. The molecule has 2 aromatic carbocycles. The van der Waals surface area contributed by atoms with Crippen molar-refractivity contribution in [2.45, 2.75) is 4.90 Å². The third-order valence-electron chi connectivity index (χ3n) is 3.29. The van der Waals surface area contributed by atoms with Crippen molar-refractivity contribution < 1.29 is 8.42 Å². The summed E-state index contributed by atoms with van der Waals surface area (Å²) in [7, 11) is -2.14. The smallest absolute Gasteiger partial charge is 0.240 e. The van der Waals surface area contributed by atoms with Crippen molar-refractivity contribution in [3.63, 3.8) is 0 Å². The maximum absolute atomic E-state index is 11.8. The molecule has 0 fully saturated rings. The molecular formula is C14H14N4O2S. The zero-order chi connectivity index (χ0) is 15.0. The lowest BCUT2D eigenvalue weighted by Gasteiger charge is -2.10. The zero-order valence-corrected chi connectivity index (χ0v) is 12.1. The first-order chi connectivity index (χ1) is 10.0. The van der Waals surface area contributed by atoms with Gasteiger partial charge in [0.15, 0.2) is 0 Å². The molecule has 0 amide bonds. The Balaban J connectivity index is 2.16. The number of anilines is 1. The molecule has 7 heteroatoms. The van der Waals surface area contributed by atoms with Gasteiger partial charge in [-0.2, -0.15) is 0 Å². The van der Waals surface area contributed by atoms with Crippen molar-refractivity contribution in [2.75, 3.05) is 12.8 Å². The van der Waals surface area contributed by atoms with E-state index in [-0.39, 0.29) is 4.90 Å². The quantitative estimate of drug-likeness (QED) is 0.718. The van der Waals surface area contributed by atoms with E-state index in [4.69, 9.17) is 5.73 Å². The Morgan fingerprint density at radius 3 is 2.67 bits per heavy atom. The number of nitrogens with one attached hydrogen (secondary N) is 1. The lowest BCUT2D eigenvalue weighted by atomic mass is 10.2. The van der Waals surface area contributed by atoms with E-state index in [1.165, 1.54) is 19.2 Å². The second kappa shape index (κ2) is 4.87. The molecule has 0 saturated carbocycles. The van der Waals surface area contributed by atoms with Crippen LogP contribution in [-0.2, 0) is 10.0 Å². The molecule has 21 heavy (non-hydrogen) atoms. The van der Waals surface area contributed by atoms with Crippen molar-refractivity contribution in [1.29, 1.82) is 0 Å². The van der Waals surface area contributed by atoms with E-state index >= 15 is 0 Å². The molecule has 0 aliphatic carbocycles. The zero-order valence-electron chi connectivity index (χ0n) is 11.3. The predicted octanol–water partition coefficient (Wildman–Crippen LogP) is 1.52. The van der Waals surface area contributed by atoms with Gasteiger partial charge in [0, 0.05) is 0 Å². The molecular weight excluding hydrogens is 288 g/mol. The second-order valence-corrected chi connectivity index (χ2v) is 6.42. The molecule has 0 atom stereocenters. The molecule has 1 heterocycles. The van der Waals surface area contributed by atoms with Crippen LogP contribution in [0.2, 0.25) is 0 Å². The highest BCUT2D eigenvalue weighted by atomic mass is 32.2. The number of aromatic nitrogens is 2. The van der Waals surface area contributed by atoms with Crippen LogP contribution >= 0.6 is 0 Å². The number of rotatable bonds is 3. The Morgan fingerprint density at radius 1 is 1.19 bits per heavy atom. The standard InChI is InChI=1S/C14H14N4O2S/c1-16-21(19,20)10-6-7-13(11(15)8-10)18-9-17-12-4-2-3-5-14(12)18/h2-9,16H,15H2,1H3. The highest BCUT2D eigenvalue weighted by molar-refractivity contribution is 7.89. The summed E-state index contributed by atoms with van der Waals surface area (Å²) < 4.78 is 27.7. The molecule has 0 radical (unpaired) electrons. The number of hydrogen-bond acceptors (Lipinski definition) is 4. The van der Waals surface area contributed by atoms with Crippen molar-refractivity contribution in [1.82, 2.24) is 14.3 Å². The van der Waals surface area contributed by atoms with Crippen LogP contribution in [0.5, 0.6) is 0 Å². The lowest BCUT2D eigenvalue weighted by molar-refractivity contribution is 0.588. The van der Waals surface area contributed by atoms with Gasteiger partial charge in [0.05, 0.1) is 27.3 Å². The topological polar surface area (TPSA) is 90.0 Å². The molecule has 108 valence electrons. The number of hydrogen-bond donors (Lipinski definition) is 2. The van der Waals surface area contributed by atoms with Gasteiger partial charge in [0.2, 0.25) is 10.0 Å². The van der Waals surface area contributed by atoms with Gasteiger partial charge in [-0.15, -0.1) is 0 Å². The summed E-state index contributed by atoms with van der Waals surface area (Å²) in [6.45, 7) is 0. The van der Waals surface area contributed by atoms with Gasteiger partial charge in [0.25, 0.3) is 0 Å². The first kappa shape index (κ1) is 13.6. The summed E-state index contributed by atoms with van der Waals surface area (Å²) >= 11 is 0. The number of benzene rings is 2. The summed E-state index contributed by atoms with van der Waals surface area (Å²) in [4.78, 5) is 4.44. The van der Waals surface area contributed by atoms with Crippen LogP contribution in [0.4, 0.5) is 5.69 Å². The fraction of sp³-hybridized carbons (Fsp3) is 0.0714. The average Bonchev–Trinajstić information content (AvgIpc) is 2.91. The number of sulfonamides is 1. The van der Waals surface area contributed by atoms with E-state index in [9.17, 15) is 8.42 Å². The van der Waals surface area contributed by atoms with Crippen molar-refractivity contribution >= 4 is 26.7 Å². The van der Waals surface area contributed by atoms with E-state index in [2.05, 4.69) is 9.71 Å². The van der Waals surface area contributed by atoms with Crippen LogP contribution in [0.15, 0.2) is 53.7 Å². The summed E-state index contributed by atoms with van der Waals surface area (Å²) in [5.41, 5.74) is 8.84. The molecule has 0 bridgehead atoms. The highest BCUT2D eigenvalue weighted by Gasteiger charge is 2.14. The average molecular weight is 302 g/mol. The Bertz CT molecular complexity index is 916. The summed E-state index contributed by atoms with van der Waals surface area (Å²) in [5.74, 6) is 0. The fourth-order valence-electron chi connectivity index (χ4n) is 2.19. The van der Waals surface area contributed by atoms with Gasteiger partial charge in [-0.25, -0.2) is 18.1 Å². The van der Waals surface area contributed by atoms with Crippen molar-refractivity contribution in [3.05, 3.63) is 48.8 Å². The number of nitrogens with two attached hydrogens (primary N) is 1. The minimum Gasteiger partial charge on any atom is -0.397 e. The molecule has 0 aliphatic rings. The number of imidazole rings is 1. The van der Waals surface area contributed by atoms with Gasteiger partial charge >= 0.3 is 0 Å². The minimum absolute atomic E-state index is 0.135. The number of nitrogen functional groups attached to an aromatic ring is 1. The Hall–Kier alpha value is -2.38. The van der Waals surface area contributed by atoms with Crippen LogP contribution in [0.25, 0.3) is 16.7 Å². The lowest BCUT2D eigenvalue weighted by Crippen LogP contribution is -2.18. The van der Waals surface area contributed by atoms with E-state index in [1.807, 2.05) is 28.8 Å². The number of nitrogens with zero attached hydrogens (tertiary/aromatic N) is 2. The van der Waals surface area contributed by atoms with E-state index in [0.717, 1.165) is 11.0 Å². The Morgan fingerprint density at radius 2 is 1.95 bits per heavy atom. The summed E-state index contributed by atoms with van der Waals surface area (Å²) in [6, 6.07) is 12.3. The van der Waals surface area contributed by atoms with Crippen LogP contribution in [-0.4, -0.2) is 25.0 Å².